The molecule has 6 nitrogen and oxygen atoms in total. The first-order chi connectivity index (χ1) is 13.3. The van der Waals surface area contributed by atoms with E-state index in [0.717, 1.165) is 37.7 Å². The molecule has 0 aliphatic carbocycles. The van der Waals surface area contributed by atoms with Crippen molar-refractivity contribution >= 4 is 11.6 Å². The summed E-state index contributed by atoms with van der Waals surface area (Å²) in [5.74, 6) is 1.74. The van der Waals surface area contributed by atoms with Gasteiger partial charge in [-0.15, -0.1) is 0 Å². The first-order valence-electron chi connectivity index (χ1n) is 9.31. The molecule has 1 saturated heterocycles. The van der Waals surface area contributed by atoms with E-state index in [1.165, 1.54) is 5.69 Å². The van der Waals surface area contributed by atoms with Gasteiger partial charge in [0.2, 0.25) is 5.91 Å². The number of piperazine rings is 1. The van der Waals surface area contributed by atoms with Gasteiger partial charge in [0.25, 0.3) is 0 Å². The first-order valence-corrected chi connectivity index (χ1v) is 9.31. The number of ether oxygens (including phenoxy) is 2. The van der Waals surface area contributed by atoms with Crippen LogP contribution in [0.25, 0.3) is 0 Å². The third-order valence-corrected chi connectivity index (χ3v) is 4.64. The molecule has 1 fully saturated rings. The fraction of sp³-hybridized carbons (Fsp3) is 0.381. The van der Waals surface area contributed by atoms with Gasteiger partial charge in [-0.05, 0) is 36.4 Å². The summed E-state index contributed by atoms with van der Waals surface area (Å²) in [5, 5.41) is 3.16. The second-order valence-electron chi connectivity index (χ2n) is 6.40. The molecule has 1 amide bonds. The zero-order valence-corrected chi connectivity index (χ0v) is 15.8. The number of rotatable bonds is 8. The molecule has 0 unspecified atom stereocenters. The largest absolute Gasteiger partial charge is 0.497 e. The minimum atomic E-state index is 0.146. The van der Waals surface area contributed by atoms with Gasteiger partial charge in [-0.1, -0.05) is 18.2 Å². The number of carbonyl (C=O) groups excluding carboxylic acids is 1. The van der Waals surface area contributed by atoms with Gasteiger partial charge in [-0.2, -0.15) is 0 Å². The lowest BCUT2D eigenvalue weighted by molar-refractivity contribution is -0.130. The van der Waals surface area contributed by atoms with Crippen molar-refractivity contribution in [3.8, 4) is 11.5 Å². The van der Waals surface area contributed by atoms with E-state index in [2.05, 4.69) is 22.3 Å². The topological polar surface area (TPSA) is 54.0 Å². The molecule has 144 valence electrons. The Bertz CT molecular complexity index is 698. The van der Waals surface area contributed by atoms with Crippen LogP contribution >= 0.6 is 0 Å². The van der Waals surface area contributed by atoms with Gasteiger partial charge in [0.15, 0.2) is 0 Å². The Balaban J connectivity index is 1.30. The molecule has 0 spiro atoms. The van der Waals surface area contributed by atoms with Crippen molar-refractivity contribution in [2.75, 3.05) is 57.9 Å². The van der Waals surface area contributed by atoms with Crippen molar-refractivity contribution in [3.05, 3.63) is 54.6 Å². The standard InChI is InChI=1S/C21H27N3O3/c1-26-19-7-9-20(10-8-19)27-16-11-22-17-21(25)24-14-12-23(13-15-24)18-5-3-2-4-6-18/h2-10,22H,11-17H2,1H3. The van der Waals surface area contributed by atoms with E-state index in [-0.39, 0.29) is 5.91 Å². The molecular weight excluding hydrogens is 342 g/mol. The van der Waals surface area contributed by atoms with Crippen molar-refractivity contribution in [2.24, 2.45) is 0 Å². The van der Waals surface area contributed by atoms with Crippen LogP contribution in [0.4, 0.5) is 5.69 Å². The molecule has 27 heavy (non-hydrogen) atoms. The Morgan fingerprint density at radius 1 is 0.963 bits per heavy atom. The molecule has 2 aromatic carbocycles. The van der Waals surface area contributed by atoms with Crippen LogP contribution < -0.4 is 19.7 Å². The van der Waals surface area contributed by atoms with E-state index in [1.807, 2.05) is 47.4 Å². The minimum Gasteiger partial charge on any atom is -0.497 e. The number of para-hydroxylation sites is 1. The van der Waals surface area contributed by atoms with Crippen molar-refractivity contribution in [1.82, 2.24) is 10.2 Å². The molecule has 0 bridgehead atoms. The van der Waals surface area contributed by atoms with Crippen LogP contribution in [0.5, 0.6) is 11.5 Å². The summed E-state index contributed by atoms with van der Waals surface area (Å²) in [6.45, 7) is 4.75. The lowest BCUT2D eigenvalue weighted by Crippen LogP contribution is -2.51. The van der Waals surface area contributed by atoms with Crippen LogP contribution in [0.2, 0.25) is 0 Å². The van der Waals surface area contributed by atoms with Crippen LogP contribution in [0, 0.1) is 0 Å². The van der Waals surface area contributed by atoms with Crippen molar-refractivity contribution < 1.29 is 14.3 Å². The lowest BCUT2D eigenvalue weighted by Gasteiger charge is -2.36. The number of hydrogen-bond acceptors (Lipinski definition) is 5. The van der Waals surface area contributed by atoms with E-state index in [1.54, 1.807) is 7.11 Å². The quantitative estimate of drug-likeness (QED) is 0.722. The molecule has 3 rings (SSSR count). The van der Waals surface area contributed by atoms with E-state index in [4.69, 9.17) is 9.47 Å². The van der Waals surface area contributed by atoms with Gasteiger partial charge in [0, 0.05) is 38.4 Å². The molecule has 1 N–H and O–H groups in total. The zero-order valence-electron chi connectivity index (χ0n) is 15.8. The summed E-state index contributed by atoms with van der Waals surface area (Å²) < 4.78 is 10.8. The summed E-state index contributed by atoms with van der Waals surface area (Å²) in [7, 11) is 1.64. The molecule has 1 heterocycles. The van der Waals surface area contributed by atoms with Crippen LogP contribution in [-0.2, 0) is 4.79 Å². The zero-order chi connectivity index (χ0) is 18.9. The van der Waals surface area contributed by atoms with Crippen molar-refractivity contribution in [3.63, 3.8) is 0 Å². The van der Waals surface area contributed by atoms with Crippen LogP contribution in [0.1, 0.15) is 0 Å². The summed E-state index contributed by atoms with van der Waals surface area (Å²) in [4.78, 5) is 16.6. The Morgan fingerprint density at radius 3 is 2.30 bits per heavy atom. The average molecular weight is 369 g/mol. The highest BCUT2D eigenvalue weighted by Gasteiger charge is 2.20. The Hall–Kier alpha value is -2.73. The van der Waals surface area contributed by atoms with Gasteiger partial charge in [-0.25, -0.2) is 0 Å². The second-order valence-corrected chi connectivity index (χ2v) is 6.40. The monoisotopic (exact) mass is 369 g/mol. The summed E-state index contributed by atoms with van der Waals surface area (Å²) in [5.41, 5.74) is 1.22. The van der Waals surface area contributed by atoms with Crippen LogP contribution in [0.3, 0.4) is 0 Å². The molecule has 0 radical (unpaired) electrons. The number of carbonyl (C=O) groups is 1. The molecule has 6 heteroatoms. The summed E-state index contributed by atoms with van der Waals surface area (Å²) >= 11 is 0. The third-order valence-electron chi connectivity index (χ3n) is 4.64. The van der Waals surface area contributed by atoms with Gasteiger partial charge in [0.1, 0.15) is 18.1 Å². The highest BCUT2D eigenvalue weighted by Crippen LogP contribution is 2.17. The number of anilines is 1. The number of nitrogens with one attached hydrogen (secondary N) is 1. The van der Waals surface area contributed by atoms with Crippen LogP contribution in [0.15, 0.2) is 54.6 Å². The van der Waals surface area contributed by atoms with Crippen molar-refractivity contribution in [1.29, 1.82) is 0 Å². The number of nitrogens with zero attached hydrogens (tertiary/aromatic N) is 2. The van der Waals surface area contributed by atoms with E-state index < -0.39 is 0 Å². The number of benzene rings is 2. The molecular formula is C21H27N3O3. The number of amides is 1. The fourth-order valence-corrected chi connectivity index (χ4v) is 3.07. The average Bonchev–Trinajstić information content (AvgIpc) is 2.74. The number of hydrogen-bond donors (Lipinski definition) is 1. The summed E-state index contributed by atoms with van der Waals surface area (Å²) in [6.07, 6.45) is 0. The van der Waals surface area contributed by atoms with Gasteiger partial charge in [-0.3, -0.25) is 4.79 Å². The maximum atomic E-state index is 12.3. The maximum absolute atomic E-state index is 12.3. The highest BCUT2D eigenvalue weighted by molar-refractivity contribution is 5.78. The molecule has 2 aromatic rings. The molecule has 1 aliphatic heterocycles. The minimum absolute atomic E-state index is 0.146. The lowest BCUT2D eigenvalue weighted by atomic mass is 10.2. The SMILES string of the molecule is COc1ccc(OCCNCC(=O)N2CCN(c3ccccc3)CC2)cc1. The Morgan fingerprint density at radius 2 is 1.63 bits per heavy atom. The number of methoxy groups -OCH3 is 1. The van der Waals surface area contributed by atoms with Crippen LogP contribution in [-0.4, -0.2) is 63.8 Å². The second kappa shape index (κ2) is 9.83. The molecule has 1 aliphatic rings. The van der Waals surface area contributed by atoms with E-state index >= 15 is 0 Å². The van der Waals surface area contributed by atoms with E-state index in [0.29, 0.717) is 19.7 Å². The first kappa shape index (κ1) is 19.0. The van der Waals surface area contributed by atoms with Crippen molar-refractivity contribution in [2.45, 2.75) is 0 Å². The Labute approximate surface area is 160 Å². The van der Waals surface area contributed by atoms with Gasteiger partial charge >= 0.3 is 0 Å². The normalized spacial score (nSPS) is 14.1. The van der Waals surface area contributed by atoms with Gasteiger partial charge < -0.3 is 24.6 Å². The molecule has 0 aromatic heterocycles. The highest BCUT2D eigenvalue weighted by atomic mass is 16.5. The predicted octanol–water partition coefficient (Wildman–Crippen LogP) is 2.01. The molecule has 0 saturated carbocycles. The summed E-state index contributed by atoms with van der Waals surface area (Å²) in [6, 6.07) is 17.8. The Kier molecular flexibility index (Phi) is 6.93. The maximum Gasteiger partial charge on any atom is 0.236 e. The predicted molar refractivity (Wildman–Crippen MR) is 107 cm³/mol. The fourth-order valence-electron chi connectivity index (χ4n) is 3.07. The van der Waals surface area contributed by atoms with E-state index in [9.17, 15) is 4.79 Å². The molecule has 0 atom stereocenters. The third kappa shape index (κ3) is 5.62. The van der Waals surface area contributed by atoms with Gasteiger partial charge in [0.05, 0.1) is 13.7 Å². The smallest absolute Gasteiger partial charge is 0.236 e.